The van der Waals surface area contributed by atoms with E-state index in [4.69, 9.17) is 9.26 Å². The van der Waals surface area contributed by atoms with Crippen molar-refractivity contribution in [2.45, 2.75) is 24.8 Å². The molecule has 1 amide bonds. The molecule has 0 spiro atoms. The second kappa shape index (κ2) is 7.58. The lowest BCUT2D eigenvalue weighted by atomic mass is 10.2. The van der Waals surface area contributed by atoms with Gasteiger partial charge >= 0.3 is 0 Å². The largest absolute Gasteiger partial charge is 0.495 e. The van der Waals surface area contributed by atoms with Crippen molar-refractivity contribution in [3.63, 3.8) is 0 Å². The molecule has 1 N–H and O–H groups in total. The van der Waals surface area contributed by atoms with Crippen LogP contribution in [0, 0.1) is 6.92 Å². The molecule has 3 heterocycles. The van der Waals surface area contributed by atoms with Crippen molar-refractivity contribution in [3.8, 4) is 5.75 Å². The lowest BCUT2D eigenvalue weighted by Gasteiger charge is -2.26. The number of anilines is 1. The number of benzene rings is 1. The highest BCUT2D eigenvalue weighted by Crippen LogP contribution is 2.33. The lowest BCUT2D eigenvalue weighted by Crippen LogP contribution is -2.35. The van der Waals surface area contributed by atoms with Crippen LogP contribution in [0.5, 0.6) is 5.75 Å². The van der Waals surface area contributed by atoms with Gasteiger partial charge in [-0.3, -0.25) is 10.1 Å². The first-order chi connectivity index (χ1) is 13.9. The van der Waals surface area contributed by atoms with Crippen LogP contribution in [0.1, 0.15) is 26.8 Å². The van der Waals surface area contributed by atoms with Gasteiger partial charge in [0.25, 0.3) is 5.91 Å². The highest BCUT2D eigenvalue weighted by atomic mass is 32.2. The summed E-state index contributed by atoms with van der Waals surface area (Å²) in [6.45, 7) is 2.18. The van der Waals surface area contributed by atoms with Crippen LogP contribution in [0.4, 0.5) is 5.13 Å². The molecular formula is C18H18N4O5S2. The number of ether oxygens (including phenoxy) is 1. The predicted molar refractivity (Wildman–Crippen MR) is 106 cm³/mol. The first-order valence-electron chi connectivity index (χ1n) is 8.75. The number of carbonyl (C=O) groups excluding carboxylic acids is 1. The standard InChI is InChI=1S/C18H18N4O5S2/c1-11-9-13(21-27-11)17(23)20-18-19-12-7-8-22(10-15(12)28-18)29(24,25)16-6-4-3-5-14(16)26-2/h3-6,9H,7-8,10H2,1-2H3,(H,19,20,23). The van der Waals surface area contributed by atoms with Crippen molar-refractivity contribution in [1.82, 2.24) is 14.4 Å². The van der Waals surface area contributed by atoms with Crippen LogP contribution in [0.25, 0.3) is 0 Å². The first kappa shape index (κ1) is 19.6. The summed E-state index contributed by atoms with van der Waals surface area (Å²) in [6.07, 6.45) is 0.457. The Morgan fingerprint density at radius 1 is 1.34 bits per heavy atom. The minimum absolute atomic E-state index is 0.130. The molecule has 0 saturated carbocycles. The van der Waals surface area contributed by atoms with Crippen molar-refractivity contribution in [2.24, 2.45) is 0 Å². The van der Waals surface area contributed by atoms with Gasteiger partial charge in [-0.25, -0.2) is 13.4 Å². The van der Waals surface area contributed by atoms with Crippen LogP contribution in [0.3, 0.4) is 0 Å². The molecule has 0 atom stereocenters. The minimum atomic E-state index is -3.72. The fourth-order valence-corrected chi connectivity index (χ4v) is 5.70. The number of carbonyl (C=O) groups is 1. The van der Waals surface area contributed by atoms with Crippen LogP contribution < -0.4 is 10.1 Å². The van der Waals surface area contributed by atoms with Crippen molar-refractivity contribution in [3.05, 3.63) is 52.4 Å². The maximum absolute atomic E-state index is 13.1. The fraction of sp³-hybridized carbons (Fsp3) is 0.278. The number of thiazole rings is 1. The molecule has 1 aliphatic rings. The number of amides is 1. The molecule has 0 fully saturated rings. The van der Waals surface area contributed by atoms with E-state index in [1.165, 1.54) is 34.9 Å². The van der Waals surface area contributed by atoms with Gasteiger partial charge < -0.3 is 9.26 Å². The summed E-state index contributed by atoms with van der Waals surface area (Å²) in [5, 5.41) is 6.77. The highest BCUT2D eigenvalue weighted by Gasteiger charge is 2.32. The number of methoxy groups -OCH3 is 1. The number of para-hydroxylation sites is 1. The second-order valence-electron chi connectivity index (χ2n) is 6.41. The molecule has 0 unspecified atom stereocenters. The predicted octanol–water partition coefficient (Wildman–Crippen LogP) is 2.45. The summed E-state index contributed by atoms with van der Waals surface area (Å²) < 4.78 is 37.7. The van der Waals surface area contributed by atoms with Gasteiger partial charge in [-0.2, -0.15) is 4.31 Å². The van der Waals surface area contributed by atoms with Gasteiger partial charge in [0.1, 0.15) is 16.4 Å². The van der Waals surface area contributed by atoms with E-state index in [0.29, 0.717) is 29.6 Å². The maximum Gasteiger partial charge on any atom is 0.279 e. The Hall–Kier alpha value is -2.76. The number of aryl methyl sites for hydroxylation is 1. The fourth-order valence-electron chi connectivity index (χ4n) is 3.04. The Morgan fingerprint density at radius 2 is 2.14 bits per heavy atom. The average Bonchev–Trinajstić information content (AvgIpc) is 3.32. The Kier molecular flexibility index (Phi) is 5.11. The molecular weight excluding hydrogens is 416 g/mol. The normalized spacial score (nSPS) is 14.4. The van der Waals surface area contributed by atoms with Crippen LogP contribution in [0.2, 0.25) is 0 Å². The number of sulfonamides is 1. The highest BCUT2D eigenvalue weighted by molar-refractivity contribution is 7.89. The molecule has 1 aliphatic heterocycles. The Bertz CT molecular complexity index is 1170. The molecule has 29 heavy (non-hydrogen) atoms. The lowest BCUT2D eigenvalue weighted by molar-refractivity contribution is 0.101. The van der Waals surface area contributed by atoms with Gasteiger partial charge in [0.2, 0.25) is 10.0 Å². The number of hydrogen-bond acceptors (Lipinski definition) is 8. The zero-order valence-corrected chi connectivity index (χ0v) is 17.3. The van der Waals surface area contributed by atoms with Crippen molar-refractivity contribution in [2.75, 3.05) is 19.0 Å². The second-order valence-corrected chi connectivity index (χ2v) is 9.40. The van der Waals surface area contributed by atoms with E-state index in [2.05, 4.69) is 15.5 Å². The Labute approximate surface area is 171 Å². The SMILES string of the molecule is COc1ccccc1S(=O)(=O)N1CCc2nc(NC(=O)c3cc(C)on3)sc2C1. The van der Waals surface area contributed by atoms with Crippen LogP contribution >= 0.6 is 11.3 Å². The van der Waals surface area contributed by atoms with Crippen LogP contribution in [-0.2, 0) is 23.0 Å². The van der Waals surface area contributed by atoms with Gasteiger partial charge in [0.05, 0.1) is 19.3 Å². The number of fused-ring (bicyclic) bond motifs is 1. The molecule has 0 saturated heterocycles. The Morgan fingerprint density at radius 3 is 2.86 bits per heavy atom. The third kappa shape index (κ3) is 3.76. The molecule has 2 aromatic heterocycles. The summed E-state index contributed by atoms with van der Waals surface area (Å²) in [4.78, 5) is 17.6. The third-order valence-corrected chi connectivity index (χ3v) is 7.35. The zero-order chi connectivity index (χ0) is 20.6. The van der Waals surface area contributed by atoms with E-state index < -0.39 is 15.9 Å². The van der Waals surface area contributed by atoms with Gasteiger partial charge in [0, 0.05) is 23.9 Å². The van der Waals surface area contributed by atoms with E-state index in [1.807, 2.05) is 0 Å². The first-order valence-corrected chi connectivity index (χ1v) is 11.0. The van der Waals surface area contributed by atoms with E-state index in [9.17, 15) is 13.2 Å². The molecule has 0 aliphatic carbocycles. The molecule has 0 radical (unpaired) electrons. The van der Waals surface area contributed by atoms with Gasteiger partial charge in [0.15, 0.2) is 10.8 Å². The van der Waals surface area contributed by atoms with Crippen molar-refractivity contribution in [1.29, 1.82) is 0 Å². The van der Waals surface area contributed by atoms with E-state index in [-0.39, 0.29) is 17.1 Å². The number of nitrogens with one attached hydrogen (secondary N) is 1. The number of rotatable bonds is 5. The molecule has 4 rings (SSSR count). The summed E-state index contributed by atoms with van der Waals surface area (Å²) >= 11 is 1.25. The topological polar surface area (TPSA) is 115 Å². The van der Waals surface area contributed by atoms with Gasteiger partial charge in [-0.05, 0) is 19.1 Å². The summed E-state index contributed by atoms with van der Waals surface area (Å²) in [5.74, 6) is 0.413. The number of aromatic nitrogens is 2. The summed E-state index contributed by atoms with van der Waals surface area (Å²) in [7, 11) is -2.28. The molecule has 152 valence electrons. The van der Waals surface area contributed by atoms with Crippen LogP contribution in [-0.4, -0.2) is 42.4 Å². The van der Waals surface area contributed by atoms with Crippen molar-refractivity contribution < 1.29 is 22.5 Å². The average molecular weight is 434 g/mol. The monoisotopic (exact) mass is 434 g/mol. The molecule has 9 nitrogen and oxygen atoms in total. The molecule has 0 bridgehead atoms. The summed E-state index contributed by atoms with van der Waals surface area (Å²) in [5.41, 5.74) is 0.948. The van der Waals surface area contributed by atoms with Gasteiger partial charge in [-0.1, -0.05) is 17.3 Å². The number of nitrogens with zero attached hydrogens (tertiary/aromatic N) is 3. The van der Waals surface area contributed by atoms with E-state index in [1.54, 1.807) is 25.1 Å². The molecule has 1 aromatic carbocycles. The van der Waals surface area contributed by atoms with E-state index in [0.717, 1.165) is 10.6 Å². The van der Waals surface area contributed by atoms with Crippen molar-refractivity contribution >= 4 is 32.4 Å². The quantitative estimate of drug-likeness (QED) is 0.656. The smallest absolute Gasteiger partial charge is 0.279 e. The number of hydrogen-bond donors (Lipinski definition) is 1. The third-order valence-electron chi connectivity index (χ3n) is 4.46. The maximum atomic E-state index is 13.1. The molecule has 3 aromatic rings. The minimum Gasteiger partial charge on any atom is -0.495 e. The molecule has 11 heteroatoms. The zero-order valence-electron chi connectivity index (χ0n) is 15.7. The summed E-state index contributed by atoms with van der Waals surface area (Å²) in [6, 6.07) is 8.07. The van der Waals surface area contributed by atoms with Gasteiger partial charge in [-0.15, -0.1) is 11.3 Å². The van der Waals surface area contributed by atoms with Crippen LogP contribution in [0.15, 0.2) is 39.8 Å². The Balaban J connectivity index is 1.54. The van der Waals surface area contributed by atoms with E-state index >= 15 is 0 Å².